The molecule has 0 aliphatic carbocycles. The van der Waals surface area contributed by atoms with Crippen LogP contribution in [0.3, 0.4) is 0 Å². The first-order valence-corrected chi connectivity index (χ1v) is 6.63. The molecule has 1 heterocycles. The molecule has 0 saturated carbocycles. The number of rotatable bonds is 1. The second kappa shape index (κ2) is 4.73. The summed E-state index contributed by atoms with van der Waals surface area (Å²) in [6, 6.07) is 3.17. The van der Waals surface area contributed by atoms with Gasteiger partial charge in [0.2, 0.25) is 5.91 Å². The van der Waals surface area contributed by atoms with Crippen LogP contribution in [0.4, 0.5) is 5.69 Å². The van der Waals surface area contributed by atoms with Gasteiger partial charge in [0.15, 0.2) is 0 Å². The first-order chi connectivity index (χ1) is 7.49. The van der Waals surface area contributed by atoms with Gasteiger partial charge in [0.1, 0.15) is 0 Å². The van der Waals surface area contributed by atoms with Crippen LogP contribution in [0.5, 0.6) is 0 Å². The molecule has 2 nitrogen and oxygen atoms in total. The van der Waals surface area contributed by atoms with E-state index in [9.17, 15) is 4.79 Å². The van der Waals surface area contributed by atoms with E-state index < -0.39 is 0 Å². The van der Waals surface area contributed by atoms with Gasteiger partial charge >= 0.3 is 0 Å². The van der Waals surface area contributed by atoms with Crippen molar-refractivity contribution in [2.75, 3.05) is 11.4 Å². The molecule has 1 aliphatic rings. The third kappa shape index (κ3) is 2.33. The molecule has 1 aromatic rings. The molecule has 0 spiro atoms. The van der Waals surface area contributed by atoms with Crippen molar-refractivity contribution in [1.29, 1.82) is 0 Å². The van der Waals surface area contributed by atoms with Crippen molar-refractivity contribution in [2.45, 2.75) is 11.2 Å². The molecule has 1 aliphatic heterocycles. The predicted octanol–water partition coefficient (Wildman–Crippen LogP) is 4.15. The lowest BCUT2D eigenvalue weighted by atomic mass is 10.3. The highest BCUT2D eigenvalue weighted by Crippen LogP contribution is 2.37. The first-order valence-electron chi connectivity index (χ1n) is 4.58. The zero-order valence-corrected chi connectivity index (χ0v) is 11.9. The lowest BCUT2D eigenvalue weighted by Crippen LogP contribution is -2.24. The van der Waals surface area contributed by atoms with Crippen LogP contribution in [-0.4, -0.2) is 17.3 Å². The standard InChI is InChI=1S/C10H7BrCl3NO/c11-5-1-10(16)15(4-5)9-3-7(13)6(12)2-8(9)14/h2-3,5H,1,4H2. The Morgan fingerprint density at radius 1 is 1.19 bits per heavy atom. The number of anilines is 1. The monoisotopic (exact) mass is 341 g/mol. The van der Waals surface area contributed by atoms with E-state index in [1.54, 1.807) is 17.0 Å². The molecule has 0 aromatic heterocycles. The number of alkyl halides is 1. The van der Waals surface area contributed by atoms with E-state index in [0.717, 1.165) is 0 Å². The van der Waals surface area contributed by atoms with Gasteiger partial charge in [-0.3, -0.25) is 4.79 Å². The molecule has 1 fully saturated rings. The predicted molar refractivity (Wildman–Crippen MR) is 71.2 cm³/mol. The van der Waals surface area contributed by atoms with Crippen molar-refractivity contribution in [2.24, 2.45) is 0 Å². The third-order valence-corrected chi connectivity index (χ3v) is 4.00. The maximum atomic E-state index is 11.7. The molecule has 0 radical (unpaired) electrons. The number of benzene rings is 1. The van der Waals surface area contributed by atoms with Gasteiger partial charge in [-0.25, -0.2) is 0 Å². The van der Waals surface area contributed by atoms with Crippen LogP contribution < -0.4 is 4.90 Å². The Bertz CT molecular complexity index is 452. The summed E-state index contributed by atoms with van der Waals surface area (Å²) in [6.07, 6.45) is 0.469. The minimum atomic E-state index is 0.0298. The fourth-order valence-electron chi connectivity index (χ4n) is 1.62. The number of carbonyl (C=O) groups excluding carboxylic acids is 1. The fraction of sp³-hybridized carbons (Fsp3) is 0.300. The average Bonchev–Trinajstić information content (AvgIpc) is 2.51. The quantitative estimate of drug-likeness (QED) is 0.554. The second-order valence-corrected chi connectivity index (χ2v) is 6.04. The molecule has 1 aromatic carbocycles. The smallest absolute Gasteiger partial charge is 0.228 e. The van der Waals surface area contributed by atoms with Crippen molar-refractivity contribution >= 4 is 62.3 Å². The van der Waals surface area contributed by atoms with Gasteiger partial charge in [-0.15, -0.1) is 0 Å². The summed E-state index contributed by atoms with van der Waals surface area (Å²) in [6.45, 7) is 0.594. The normalized spacial score (nSPS) is 20.6. The zero-order chi connectivity index (χ0) is 11.9. The number of nitrogens with zero attached hydrogens (tertiary/aromatic N) is 1. The topological polar surface area (TPSA) is 20.3 Å². The highest BCUT2D eigenvalue weighted by molar-refractivity contribution is 9.09. The maximum absolute atomic E-state index is 11.7. The number of amides is 1. The van der Waals surface area contributed by atoms with E-state index in [2.05, 4.69) is 15.9 Å². The maximum Gasteiger partial charge on any atom is 0.228 e. The molecule has 16 heavy (non-hydrogen) atoms. The number of carbonyl (C=O) groups is 1. The zero-order valence-electron chi connectivity index (χ0n) is 8.01. The SMILES string of the molecule is O=C1CC(Br)CN1c1cc(Cl)c(Cl)cc1Cl. The van der Waals surface area contributed by atoms with Gasteiger partial charge in [-0.1, -0.05) is 50.7 Å². The summed E-state index contributed by atoms with van der Waals surface area (Å²) in [5, 5.41) is 1.22. The van der Waals surface area contributed by atoms with E-state index in [0.29, 0.717) is 33.7 Å². The molecule has 0 N–H and O–H groups in total. The summed E-state index contributed by atoms with van der Waals surface area (Å²) >= 11 is 21.2. The van der Waals surface area contributed by atoms with Crippen LogP contribution in [0, 0.1) is 0 Å². The molecule has 1 atom stereocenters. The van der Waals surface area contributed by atoms with Crippen molar-refractivity contribution in [3.05, 3.63) is 27.2 Å². The van der Waals surface area contributed by atoms with Gasteiger partial charge in [0, 0.05) is 17.8 Å². The van der Waals surface area contributed by atoms with Gasteiger partial charge in [0.05, 0.1) is 20.8 Å². The van der Waals surface area contributed by atoms with E-state index in [1.807, 2.05) is 0 Å². The number of hydrogen-bond donors (Lipinski definition) is 0. The summed E-state index contributed by atoms with van der Waals surface area (Å²) in [5.41, 5.74) is 0.614. The molecule has 1 unspecified atom stereocenters. The van der Waals surface area contributed by atoms with Crippen molar-refractivity contribution < 1.29 is 4.79 Å². The molecule has 0 bridgehead atoms. The highest BCUT2D eigenvalue weighted by Gasteiger charge is 2.30. The first kappa shape index (κ1) is 12.5. The van der Waals surface area contributed by atoms with Crippen molar-refractivity contribution in [3.63, 3.8) is 0 Å². The van der Waals surface area contributed by atoms with Crippen LogP contribution in [0.25, 0.3) is 0 Å². The molecule has 1 amide bonds. The molecule has 1 saturated heterocycles. The Kier molecular flexibility index (Phi) is 3.69. The van der Waals surface area contributed by atoms with Crippen molar-refractivity contribution in [1.82, 2.24) is 0 Å². The second-order valence-electron chi connectivity index (χ2n) is 3.52. The largest absolute Gasteiger partial charge is 0.310 e. The van der Waals surface area contributed by atoms with E-state index in [4.69, 9.17) is 34.8 Å². The Labute approximate surface area is 117 Å². The summed E-state index contributed by atoms with van der Waals surface area (Å²) < 4.78 is 0. The van der Waals surface area contributed by atoms with Crippen molar-refractivity contribution in [3.8, 4) is 0 Å². The van der Waals surface area contributed by atoms with Gasteiger partial charge in [0.25, 0.3) is 0 Å². The average molecular weight is 343 g/mol. The van der Waals surface area contributed by atoms with Crippen LogP contribution >= 0.6 is 50.7 Å². The van der Waals surface area contributed by atoms with E-state index >= 15 is 0 Å². The van der Waals surface area contributed by atoms with E-state index in [-0.39, 0.29) is 10.7 Å². The Morgan fingerprint density at radius 3 is 2.38 bits per heavy atom. The van der Waals surface area contributed by atoms with Crippen LogP contribution in [0.1, 0.15) is 6.42 Å². The molecular weight excluding hydrogens is 336 g/mol. The van der Waals surface area contributed by atoms with Gasteiger partial charge in [-0.2, -0.15) is 0 Å². The summed E-state index contributed by atoms with van der Waals surface area (Å²) in [7, 11) is 0. The summed E-state index contributed by atoms with van der Waals surface area (Å²) in [5.74, 6) is 0.0298. The molecule has 2 rings (SSSR count). The highest BCUT2D eigenvalue weighted by atomic mass is 79.9. The minimum absolute atomic E-state index is 0.0298. The van der Waals surface area contributed by atoms with Crippen LogP contribution in [0.15, 0.2) is 12.1 Å². The number of halogens is 4. The Balaban J connectivity index is 2.41. The number of hydrogen-bond acceptors (Lipinski definition) is 1. The van der Waals surface area contributed by atoms with Crippen LogP contribution in [0.2, 0.25) is 15.1 Å². The van der Waals surface area contributed by atoms with E-state index in [1.165, 1.54) is 0 Å². The lowest BCUT2D eigenvalue weighted by Gasteiger charge is -2.18. The van der Waals surface area contributed by atoms with Gasteiger partial charge < -0.3 is 4.90 Å². The fourth-order valence-corrected chi connectivity index (χ4v) is 2.83. The minimum Gasteiger partial charge on any atom is -0.310 e. The lowest BCUT2D eigenvalue weighted by molar-refractivity contribution is -0.117. The third-order valence-electron chi connectivity index (χ3n) is 2.36. The molecular formula is C10H7BrCl3NO. The van der Waals surface area contributed by atoms with Gasteiger partial charge in [-0.05, 0) is 12.1 Å². The Morgan fingerprint density at radius 2 is 1.81 bits per heavy atom. The van der Waals surface area contributed by atoms with Crippen LogP contribution in [-0.2, 0) is 4.79 Å². The summed E-state index contributed by atoms with van der Waals surface area (Å²) in [4.78, 5) is 13.5. The molecule has 86 valence electrons. The molecule has 6 heteroatoms. The Hall–Kier alpha value is 0.0400.